The molecule has 0 radical (unpaired) electrons. The summed E-state index contributed by atoms with van der Waals surface area (Å²) in [6, 6.07) is 1.78. The van der Waals surface area contributed by atoms with Gasteiger partial charge < -0.3 is 4.90 Å². The summed E-state index contributed by atoms with van der Waals surface area (Å²) in [5, 5.41) is 7.29. The monoisotopic (exact) mass is 290 g/mol. The van der Waals surface area contributed by atoms with Gasteiger partial charge in [0.15, 0.2) is 0 Å². The van der Waals surface area contributed by atoms with Crippen LogP contribution in [-0.4, -0.2) is 38.7 Å². The van der Waals surface area contributed by atoms with Crippen molar-refractivity contribution in [3.05, 3.63) is 34.5 Å². The molecule has 20 heavy (non-hydrogen) atoms. The molecular weight excluding hydrogens is 272 g/mol. The topological polar surface area (TPSA) is 51.0 Å². The number of amides is 1. The van der Waals surface area contributed by atoms with Crippen molar-refractivity contribution >= 4 is 17.2 Å². The van der Waals surface area contributed by atoms with Gasteiger partial charge in [0.25, 0.3) is 5.91 Å². The van der Waals surface area contributed by atoms with Crippen LogP contribution in [0.3, 0.4) is 0 Å². The number of carbonyl (C=O) groups excluding carboxylic acids is 1. The number of carbonyl (C=O) groups is 1. The molecule has 0 saturated carbocycles. The third kappa shape index (κ3) is 2.75. The maximum Gasteiger partial charge on any atom is 0.272 e. The average molecular weight is 290 g/mol. The summed E-state index contributed by atoms with van der Waals surface area (Å²) >= 11 is 1.72. The fraction of sp³-hybridized carbons (Fsp3) is 0.500. The Morgan fingerprint density at radius 1 is 1.40 bits per heavy atom. The molecule has 5 nitrogen and oxygen atoms in total. The minimum atomic E-state index is 0.0951. The first kappa shape index (κ1) is 13.3. The Morgan fingerprint density at radius 3 is 2.80 bits per heavy atom. The molecule has 1 aliphatic heterocycles. The Morgan fingerprint density at radius 2 is 2.20 bits per heavy atom. The lowest BCUT2D eigenvalue weighted by molar-refractivity contribution is 0.0679. The quantitative estimate of drug-likeness (QED) is 0.868. The van der Waals surface area contributed by atoms with Crippen molar-refractivity contribution in [2.24, 2.45) is 13.0 Å². The van der Waals surface area contributed by atoms with Gasteiger partial charge in [-0.25, -0.2) is 4.98 Å². The Kier molecular flexibility index (Phi) is 3.82. The minimum absolute atomic E-state index is 0.0951. The van der Waals surface area contributed by atoms with E-state index in [1.165, 1.54) is 5.01 Å². The number of thiazole rings is 1. The van der Waals surface area contributed by atoms with E-state index in [-0.39, 0.29) is 5.91 Å². The fourth-order valence-corrected chi connectivity index (χ4v) is 3.42. The number of hydrogen-bond donors (Lipinski definition) is 0. The summed E-state index contributed by atoms with van der Waals surface area (Å²) in [4.78, 5) is 18.6. The van der Waals surface area contributed by atoms with Crippen molar-refractivity contribution in [1.82, 2.24) is 19.7 Å². The van der Waals surface area contributed by atoms with Crippen molar-refractivity contribution in [3.63, 3.8) is 0 Å². The third-order valence-corrected chi connectivity index (χ3v) is 4.69. The maximum atomic E-state index is 12.4. The number of hydrogen-bond acceptors (Lipinski definition) is 4. The fourth-order valence-electron chi connectivity index (χ4n) is 2.69. The zero-order valence-corrected chi connectivity index (χ0v) is 12.3. The molecule has 1 fully saturated rings. The molecule has 0 aromatic carbocycles. The molecule has 0 bridgehead atoms. The second-order valence-corrected chi connectivity index (χ2v) is 6.18. The van der Waals surface area contributed by atoms with Gasteiger partial charge in [0.2, 0.25) is 0 Å². The Balaban J connectivity index is 1.56. The Labute approximate surface area is 122 Å². The van der Waals surface area contributed by atoms with E-state index in [0.29, 0.717) is 11.6 Å². The van der Waals surface area contributed by atoms with Crippen molar-refractivity contribution in [2.75, 3.05) is 13.1 Å². The second kappa shape index (κ2) is 5.75. The zero-order chi connectivity index (χ0) is 13.9. The van der Waals surface area contributed by atoms with E-state index in [1.807, 2.05) is 23.5 Å². The van der Waals surface area contributed by atoms with Crippen LogP contribution in [0, 0.1) is 5.92 Å². The lowest BCUT2D eigenvalue weighted by Crippen LogP contribution is -2.39. The van der Waals surface area contributed by atoms with Crippen LogP contribution in [-0.2, 0) is 13.5 Å². The molecule has 3 rings (SSSR count). The molecule has 106 valence electrons. The highest BCUT2D eigenvalue weighted by molar-refractivity contribution is 7.09. The van der Waals surface area contributed by atoms with Crippen LogP contribution in [0.25, 0.3) is 0 Å². The van der Waals surface area contributed by atoms with Crippen molar-refractivity contribution in [1.29, 1.82) is 0 Å². The van der Waals surface area contributed by atoms with Gasteiger partial charge in [-0.2, -0.15) is 5.10 Å². The van der Waals surface area contributed by atoms with Crippen LogP contribution in [0.5, 0.6) is 0 Å². The smallest absolute Gasteiger partial charge is 0.272 e. The minimum Gasteiger partial charge on any atom is -0.337 e. The number of nitrogens with zero attached hydrogens (tertiary/aromatic N) is 4. The molecule has 1 saturated heterocycles. The van der Waals surface area contributed by atoms with Crippen molar-refractivity contribution in [2.45, 2.75) is 19.3 Å². The lowest BCUT2D eigenvalue weighted by atomic mass is 9.93. The maximum absolute atomic E-state index is 12.4. The van der Waals surface area contributed by atoms with E-state index in [4.69, 9.17) is 0 Å². The molecular formula is C14H18N4OS. The Hall–Kier alpha value is -1.69. The van der Waals surface area contributed by atoms with Gasteiger partial charge in [0, 0.05) is 44.3 Å². The highest BCUT2D eigenvalue weighted by Gasteiger charge is 2.25. The Bertz CT molecular complexity index is 570. The first-order valence-electron chi connectivity index (χ1n) is 6.89. The summed E-state index contributed by atoms with van der Waals surface area (Å²) in [6.45, 7) is 1.67. The van der Waals surface area contributed by atoms with E-state index >= 15 is 0 Å². The largest absolute Gasteiger partial charge is 0.337 e. The van der Waals surface area contributed by atoms with E-state index in [1.54, 1.807) is 28.3 Å². The number of aryl methyl sites for hydroxylation is 1. The summed E-state index contributed by atoms with van der Waals surface area (Å²) in [6.07, 6.45) is 6.70. The van der Waals surface area contributed by atoms with E-state index in [0.717, 1.165) is 32.4 Å². The van der Waals surface area contributed by atoms with Crippen LogP contribution in [0.4, 0.5) is 0 Å². The molecule has 0 N–H and O–H groups in total. The SMILES string of the molecule is Cn1nccc1C(=O)N1CCC(Cc2nccs2)CC1. The average Bonchev–Trinajstić information content (AvgIpc) is 3.10. The molecule has 0 spiro atoms. The third-order valence-electron chi connectivity index (χ3n) is 3.89. The van der Waals surface area contributed by atoms with Crippen molar-refractivity contribution < 1.29 is 4.79 Å². The molecule has 6 heteroatoms. The van der Waals surface area contributed by atoms with E-state index in [2.05, 4.69) is 10.1 Å². The van der Waals surface area contributed by atoms with Crippen molar-refractivity contribution in [3.8, 4) is 0 Å². The number of piperidine rings is 1. The molecule has 2 aromatic heterocycles. The first-order chi connectivity index (χ1) is 9.74. The van der Waals surface area contributed by atoms with Gasteiger partial charge in [-0.05, 0) is 24.8 Å². The lowest BCUT2D eigenvalue weighted by Gasteiger charge is -2.31. The molecule has 1 aliphatic rings. The van der Waals surface area contributed by atoms with Gasteiger partial charge >= 0.3 is 0 Å². The zero-order valence-electron chi connectivity index (χ0n) is 11.5. The molecule has 3 heterocycles. The molecule has 0 aliphatic carbocycles. The number of likely N-dealkylation sites (tertiary alicyclic amines) is 1. The molecule has 0 unspecified atom stereocenters. The van der Waals surface area contributed by atoms with Gasteiger partial charge in [0.05, 0.1) is 5.01 Å². The predicted molar refractivity (Wildman–Crippen MR) is 77.7 cm³/mol. The van der Waals surface area contributed by atoms with Crippen LogP contribution in [0.1, 0.15) is 28.3 Å². The molecule has 1 amide bonds. The summed E-state index contributed by atoms with van der Waals surface area (Å²) in [5.41, 5.74) is 0.670. The highest BCUT2D eigenvalue weighted by atomic mass is 32.1. The van der Waals surface area contributed by atoms with Crippen LogP contribution in [0.2, 0.25) is 0 Å². The second-order valence-electron chi connectivity index (χ2n) is 5.21. The van der Waals surface area contributed by atoms with Gasteiger partial charge in [-0.15, -0.1) is 11.3 Å². The molecule has 2 aromatic rings. The first-order valence-corrected chi connectivity index (χ1v) is 7.77. The predicted octanol–water partition coefficient (Wildman–Crippen LogP) is 1.97. The van der Waals surface area contributed by atoms with Gasteiger partial charge in [-0.3, -0.25) is 9.48 Å². The summed E-state index contributed by atoms with van der Waals surface area (Å²) in [5.74, 6) is 0.745. The van der Waals surface area contributed by atoms with Gasteiger partial charge in [-0.1, -0.05) is 0 Å². The van der Waals surface area contributed by atoms with E-state index in [9.17, 15) is 4.79 Å². The molecule has 0 atom stereocenters. The summed E-state index contributed by atoms with van der Waals surface area (Å²) in [7, 11) is 1.81. The van der Waals surface area contributed by atoms with Crippen LogP contribution >= 0.6 is 11.3 Å². The summed E-state index contributed by atoms with van der Waals surface area (Å²) < 4.78 is 1.64. The number of rotatable bonds is 3. The van der Waals surface area contributed by atoms with E-state index < -0.39 is 0 Å². The highest BCUT2D eigenvalue weighted by Crippen LogP contribution is 2.23. The van der Waals surface area contributed by atoms with Crippen LogP contribution in [0.15, 0.2) is 23.8 Å². The van der Waals surface area contributed by atoms with Gasteiger partial charge in [0.1, 0.15) is 5.69 Å². The standard InChI is InChI=1S/C14H18N4OS/c1-17-12(2-5-16-17)14(19)18-7-3-11(4-8-18)10-13-15-6-9-20-13/h2,5-6,9,11H,3-4,7-8,10H2,1H3. The normalized spacial score (nSPS) is 16.6. The van der Waals surface area contributed by atoms with Crippen LogP contribution < -0.4 is 0 Å². The number of aromatic nitrogens is 3.